The Morgan fingerprint density at radius 2 is 1.60 bits per heavy atom. The summed E-state index contributed by atoms with van der Waals surface area (Å²) in [6, 6.07) is 12.6. The largest absolute Gasteiger partial charge is 0.465 e. The van der Waals surface area contributed by atoms with E-state index in [-0.39, 0.29) is 10.5 Å². The van der Waals surface area contributed by atoms with Crippen LogP contribution in [-0.4, -0.2) is 49.2 Å². The van der Waals surface area contributed by atoms with Gasteiger partial charge in [0.25, 0.3) is 10.0 Å². The maximum atomic E-state index is 13.0. The molecule has 0 heterocycles. The Hall–Kier alpha value is -2.65. The first-order valence-electron chi connectivity index (χ1n) is 9.40. The lowest BCUT2D eigenvalue weighted by Crippen LogP contribution is -2.27. The van der Waals surface area contributed by atoms with Crippen molar-refractivity contribution < 1.29 is 27.5 Å². The molecule has 2 rings (SSSR count). The molecule has 0 aromatic heterocycles. The zero-order valence-corrected chi connectivity index (χ0v) is 19.7. The summed E-state index contributed by atoms with van der Waals surface area (Å²) in [6.07, 6.45) is 0. The van der Waals surface area contributed by atoms with Gasteiger partial charge in [0, 0.05) is 15.1 Å². The topological polar surface area (TPSA) is 90.0 Å². The molecule has 9 heteroatoms. The zero-order chi connectivity index (χ0) is 22.5. The average molecular weight is 450 g/mol. The van der Waals surface area contributed by atoms with Gasteiger partial charge in [-0.2, -0.15) is 0 Å². The molecular weight excluding hydrogens is 422 g/mol. The lowest BCUT2D eigenvalue weighted by atomic mass is 10.2. The molecule has 0 radical (unpaired) electrons. The van der Waals surface area contributed by atoms with Gasteiger partial charge in [0.05, 0.1) is 35.4 Å². The number of carbonyl (C=O) groups excluding carboxylic acids is 2. The van der Waals surface area contributed by atoms with Crippen LogP contribution in [0.5, 0.6) is 0 Å². The van der Waals surface area contributed by atoms with E-state index < -0.39 is 30.0 Å². The van der Waals surface area contributed by atoms with Gasteiger partial charge in [-0.05, 0) is 48.5 Å². The molecule has 0 aliphatic carbocycles. The smallest absolute Gasteiger partial charge is 0.338 e. The lowest BCUT2D eigenvalue weighted by molar-refractivity contribution is 0.0524. The monoisotopic (exact) mass is 449 g/mol. The average Bonchev–Trinajstić information content (AvgIpc) is 2.71. The zero-order valence-electron chi connectivity index (χ0n) is 17.8. The van der Waals surface area contributed by atoms with Gasteiger partial charge in [-0.1, -0.05) is 25.7 Å². The summed E-state index contributed by atoms with van der Waals surface area (Å²) in [7, 11) is -2.58. The van der Waals surface area contributed by atoms with Gasteiger partial charge < -0.3 is 9.47 Å². The number of carbonyl (C=O) groups is 2. The van der Waals surface area contributed by atoms with Crippen LogP contribution in [0, 0.1) is 0 Å². The van der Waals surface area contributed by atoms with Gasteiger partial charge >= 0.3 is 11.9 Å². The molecule has 0 spiro atoms. The van der Waals surface area contributed by atoms with Gasteiger partial charge in [0.1, 0.15) is 0 Å². The Kier molecular flexibility index (Phi) is 7.43. The number of sulfonamides is 1. The first-order valence-corrected chi connectivity index (χ1v) is 14.5. The molecule has 0 saturated carbocycles. The Bertz CT molecular complexity index is 1010. The lowest BCUT2D eigenvalue weighted by Gasteiger charge is -2.20. The third-order valence-electron chi connectivity index (χ3n) is 4.47. The second-order valence-corrected chi connectivity index (χ2v) is 15.6. The van der Waals surface area contributed by atoms with Crippen LogP contribution in [0.25, 0.3) is 0 Å². The van der Waals surface area contributed by atoms with Crippen LogP contribution < -0.4 is 4.31 Å². The van der Waals surface area contributed by atoms with E-state index in [9.17, 15) is 18.0 Å². The molecule has 0 unspecified atom stereocenters. The fourth-order valence-electron chi connectivity index (χ4n) is 2.54. The molecule has 0 aliphatic rings. The molecule has 30 heavy (non-hydrogen) atoms. The highest BCUT2D eigenvalue weighted by Crippen LogP contribution is 2.23. The highest BCUT2D eigenvalue weighted by Gasteiger charge is 2.23. The highest BCUT2D eigenvalue weighted by molar-refractivity contribution is 7.92. The molecule has 0 N–H and O–H groups in total. The van der Waals surface area contributed by atoms with Crippen LogP contribution in [0.15, 0.2) is 53.4 Å². The van der Waals surface area contributed by atoms with Crippen molar-refractivity contribution in [3.05, 3.63) is 59.7 Å². The summed E-state index contributed by atoms with van der Waals surface area (Å²) in [5, 5.41) is 0. The summed E-state index contributed by atoms with van der Waals surface area (Å²) in [5.74, 6) is -1.05. The van der Waals surface area contributed by atoms with E-state index >= 15 is 0 Å². The van der Waals surface area contributed by atoms with E-state index in [0.717, 1.165) is 10.3 Å². The number of ether oxygens (including phenoxy) is 2. The van der Waals surface area contributed by atoms with Crippen LogP contribution in [0.1, 0.15) is 20.7 Å². The Balaban J connectivity index is 2.20. The minimum Gasteiger partial charge on any atom is -0.465 e. The molecule has 0 saturated heterocycles. The minimum absolute atomic E-state index is 0.0262. The fourth-order valence-corrected chi connectivity index (χ4v) is 4.50. The first kappa shape index (κ1) is 23.6. The molecule has 0 bridgehead atoms. The van der Waals surface area contributed by atoms with Crippen molar-refractivity contribution in [2.45, 2.75) is 30.6 Å². The molecule has 0 amide bonds. The van der Waals surface area contributed by atoms with Crippen LogP contribution in [-0.2, 0) is 19.5 Å². The molecular formula is C21H27NO6SSi. The summed E-state index contributed by atoms with van der Waals surface area (Å²) in [5.41, 5.74) is 0.863. The normalized spacial score (nSPS) is 11.6. The maximum absolute atomic E-state index is 13.0. The number of hydrogen-bond acceptors (Lipinski definition) is 6. The molecule has 0 aliphatic heterocycles. The number of nitrogens with zero attached hydrogens (tertiary/aromatic N) is 1. The molecule has 162 valence electrons. The highest BCUT2D eigenvalue weighted by atomic mass is 32.2. The van der Waals surface area contributed by atoms with Crippen molar-refractivity contribution in [1.29, 1.82) is 0 Å². The van der Waals surface area contributed by atoms with Crippen LogP contribution in [0.4, 0.5) is 5.69 Å². The standard InChI is InChI=1S/C21H27NO6SSi/c1-22(18-11-9-16(10-12-18)20(23)27-2)29(25,26)19-8-6-7-17(15-19)21(24)28-13-14-30(3,4)5/h6-12,15H,13-14H2,1-5H3. The van der Waals surface area contributed by atoms with Gasteiger partial charge in [0.2, 0.25) is 0 Å². The van der Waals surface area contributed by atoms with Crippen molar-refractivity contribution in [2.75, 3.05) is 25.1 Å². The molecule has 2 aromatic rings. The summed E-state index contributed by atoms with van der Waals surface area (Å²) in [6.45, 7) is 6.86. The van der Waals surface area contributed by atoms with Gasteiger partial charge in [-0.3, -0.25) is 4.31 Å². The van der Waals surface area contributed by atoms with E-state index in [1.54, 1.807) is 0 Å². The number of benzene rings is 2. The summed E-state index contributed by atoms with van der Waals surface area (Å²) >= 11 is 0. The second-order valence-electron chi connectivity index (χ2n) is 7.99. The Labute approximate surface area is 178 Å². The summed E-state index contributed by atoms with van der Waals surface area (Å²) in [4.78, 5) is 23.8. The van der Waals surface area contributed by atoms with Crippen molar-refractivity contribution in [3.8, 4) is 0 Å². The van der Waals surface area contributed by atoms with Gasteiger partial charge in [0.15, 0.2) is 0 Å². The molecule has 2 aromatic carbocycles. The van der Waals surface area contributed by atoms with Crippen molar-refractivity contribution >= 4 is 35.7 Å². The first-order chi connectivity index (χ1) is 14.0. The molecule has 0 atom stereocenters. The molecule has 7 nitrogen and oxygen atoms in total. The van der Waals surface area contributed by atoms with E-state index in [2.05, 4.69) is 24.4 Å². The molecule has 0 fully saturated rings. The number of esters is 2. The third kappa shape index (κ3) is 5.93. The van der Waals surface area contributed by atoms with Crippen molar-refractivity contribution in [2.24, 2.45) is 0 Å². The van der Waals surface area contributed by atoms with Crippen LogP contribution >= 0.6 is 0 Å². The Morgan fingerprint density at radius 1 is 0.967 bits per heavy atom. The van der Waals surface area contributed by atoms with Gasteiger partial charge in [-0.25, -0.2) is 18.0 Å². The predicted octanol–water partition coefficient (Wildman–Crippen LogP) is 3.79. The predicted molar refractivity (Wildman–Crippen MR) is 118 cm³/mol. The van der Waals surface area contributed by atoms with Crippen LogP contribution in [0.2, 0.25) is 25.7 Å². The number of anilines is 1. The van der Waals surface area contributed by atoms with E-state index in [1.807, 2.05) is 0 Å². The third-order valence-corrected chi connectivity index (χ3v) is 7.95. The van der Waals surface area contributed by atoms with Crippen molar-refractivity contribution in [3.63, 3.8) is 0 Å². The second kappa shape index (κ2) is 9.44. The Morgan fingerprint density at radius 3 is 2.17 bits per heavy atom. The quantitative estimate of drug-likeness (QED) is 0.450. The number of hydrogen-bond donors (Lipinski definition) is 0. The van der Waals surface area contributed by atoms with E-state index in [4.69, 9.17) is 4.74 Å². The van der Waals surface area contributed by atoms with Gasteiger partial charge in [-0.15, -0.1) is 0 Å². The van der Waals surface area contributed by atoms with E-state index in [1.165, 1.54) is 62.7 Å². The number of rotatable bonds is 8. The van der Waals surface area contributed by atoms with Crippen LogP contribution in [0.3, 0.4) is 0 Å². The van der Waals surface area contributed by atoms with E-state index in [0.29, 0.717) is 17.9 Å². The van der Waals surface area contributed by atoms with Crippen molar-refractivity contribution in [1.82, 2.24) is 0 Å². The fraction of sp³-hybridized carbons (Fsp3) is 0.333. The minimum atomic E-state index is -3.91. The maximum Gasteiger partial charge on any atom is 0.338 e. The number of methoxy groups -OCH3 is 1. The summed E-state index contributed by atoms with van der Waals surface area (Å²) < 4.78 is 37.1. The SMILES string of the molecule is COC(=O)c1ccc(N(C)S(=O)(=O)c2cccc(C(=O)OCC[Si](C)(C)C)c2)cc1.